The summed E-state index contributed by atoms with van der Waals surface area (Å²) in [5, 5.41) is 4.10. The largest absolute Gasteiger partial charge is 0.379 e. The van der Waals surface area contributed by atoms with E-state index in [1.54, 1.807) is 0 Å². The summed E-state index contributed by atoms with van der Waals surface area (Å²) >= 11 is 0. The van der Waals surface area contributed by atoms with Crippen molar-refractivity contribution in [3.8, 4) is 0 Å². The highest BCUT2D eigenvalue weighted by molar-refractivity contribution is 5.03. The molecule has 19 heavy (non-hydrogen) atoms. The molecule has 1 aromatic heterocycles. The molecule has 0 aliphatic carbocycles. The van der Waals surface area contributed by atoms with Gasteiger partial charge in [0.2, 0.25) is 0 Å². The van der Waals surface area contributed by atoms with Gasteiger partial charge in [-0.1, -0.05) is 5.16 Å². The summed E-state index contributed by atoms with van der Waals surface area (Å²) in [6, 6.07) is 2.73. The third kappa shape index (κ3) is 3.35. The summed E-state index contributed by atoms with van der Waals surface area (Å²) in [4.78, 5) is 5.09. The minimum atomic E-state index is 0.686. The van der Waals surface area contributed by atoms with E-state index in [2.05, 4.69) is 15.0 Å². The molecule has 0 amide bonds. The van der Waals surface area contributed by atoms with Gasteiger partial charge in [0.05, 0.1) is 18.9 Å². The molecule has 0 saturated carbocycles. The number of hydrogen-bond acceptors (Lipinski definition) is 5. The third-order valence-electron chi connectivity index (χ3n) is 4.11. The van der Waals surface area contributed by atoms with Crippen LogP contribution in [-0.4, -0.2) is 60.4 Å². The Kier molecular flexibility index (Phi) is 4.15. The smallest absolute Gasteiger partial charge is 0.133 e. The zero-order chi connectivity index (χ0) is 13.1. The van der Waals surface area contributed by atoms with Crippen molar-refractivity contribution >= 4 is 0 Å². The molecule has 2 fully saturated rings. The van der Waals surface area contributed by atoms with Crippen LogP contribution >= 0.6 is 0 Å². The van der Waals surface area contributed by atoms with Gasteiger partial charge in [0, 0.05) is 38.3 Å². The molecule has 3 heterocycles. The molecule has 5 heteroatoms. The van der Waals surface area contributed by atoms with E-state index >= 15 is 0 Å². The molecule has 1 aromatic rings. The van der Waals surface area contributed by atoms with Gasteiger partial charge in [-0.25, -0.2) is 0 Å². The van der Waals surface area contributed by atoms with Crippen LogP contribution in [0.25, 0.3) is 0 Å². The normalized spacial score (nSPS) is 26.7. The molecule has 0 N–H and O–H groups in total. The van der Waals surface area contributed by atoms with Crippen LogP contribution in [-0.2, 0) is 11.3 Å². The molecule has 2 aliphatic rings. The van der Waals surface area contributed by atoms with Crippen molar-refractivity contribution in [3.63, 3.8) is 0 Å². The molecule has 2 saturated heterocycles. The molecular weight excluding hydrogens is 242 g/mol. The van der Waals surface area contributed by atoms with E-state index in [1.807, 2.05) is 13.0 Å². The molecular formula is C14H23N3O2. The first-order valence-electron chi connectivity index (χ1n) is 7.27. The predicted molar refractivity (Wildman–Crippen MR) is 71.9 cm³/mol. The Morgan fingerprint density at radius 2 is 2.16 bits per heavy atom. The quantitative estimate of drug-likeness (QED) is 0.823. The zero-order valence-electron chi connectivity index (χ0n) is 11.7. The average molecular weight is 265 g/mol. The van der Waals surface area contributed by atoms with Crippen molar-refractivity contribution < 1.29 is 9.26 Å². The first-order chi connectivity index (χ1) is 9.31. The number of nitrogens with zero attached hydrogens (tertiary/aromatic N) is 3. The lowest BCUT2D eigenvalue weighted by molar-refractivity contribution is -0.00380. The number of piperidine rings is 1. The fourth-order valence-corrected chi connectivity index (χ4v) is 3.14. The topological polar surface area (TPSA) is 41.7 Å². The second-order valence-electron chi connectivity index (χ2n) is 5.61. The molecule has 1 unspecified atom stereocenters. The lowest BCUT2D eigenvalue weighted by atomic mass is 10.0. The zero-order valence-corrected chi connectivity index (χ0v) is 11.7. The Morgan fingerprint density at radius 1 is 1.32 bits per heavy atom. The van der Waals surface area contributed by atoms with Crippen molar-refractivity contribution in [2.45, 2.75) is 32.4 Å². The van der Waals surface area contributed by atoms with Gasteiger partial charge in [-0.15, -0.1) is 0 Å². The van der Waals surface area contributed by atoms with E-state index in [0.717, 1.165) is 50.8 Å². The minimum Gasteiger partial charge on any atom is -0.379 e. The SMILES string of the molecule is Cc1cc(CN2CCCC(N3CCOCC3)C2)no1. The van der Waals surface area contributed by atoms with Crippen molar-refractivity contribution in [1.29, 1.82) is 0 Å². The van der Waals surface area contributed by atoms with E-state index < -0.39 is 0 Å². The lowest BCUT2D eigenvalue weighted by Crippen LogP contribution is -2.51. The van der Waals surface area contributed by atoms with E-state index in [0.29, 0.717) is 6.04 Å². The number of rotatable bonds is 3. The standard InChI is InChI=1S/C14H23N3O2/c1-12-9-13(15-19-12)10-16-4-2-3-14(11-16)17-5-7-18-8-6-17/h9,14H,2-8,10-11H2,1H3. The summed E-state index contributed by atoms with van der Waals surface area (Å²) in [7, 11) is 0. The van der Waals surface area contributed by atoms with Gasteiger partial charge in [0.15, 0.2) is 0 Å². The summed E-state index contributed by atoms with van der Waals surface area (Å²) in [5.74, 6) is 0.900. The van der Waals surface area contributed by atoms with E-state index in [-0.39, 0.29) is 0 Å². The van der Waals surface area contributed by atoms with Crippen LogP contribution in [0, 0.1) is 6.92 Å². The van der Waals surface area contributed by atoms with Gasteiger partial charge in [-0.2, -0.15) is 0 Å². The highest BCUT2D eigenvalue weighted by Gasteiger charge is 2.26. The highest BCUT2D eigenvalue weighted by Crippen LogP contribution is 2.19. The van der Waals surface area contributed by atoms with Crippen LogP contribution in [0.1, 0.15) is 24.3 Å². The number of aryl methyl sites for hydroxylation is 1. The molecule has 1 atom stereocenters. The molecule has 2 aliphatic heterocycles. The monoisotopic (exact) mass is 265 g/mol. The molecule has 0 bridgehead atoms. The van der Waals surface area contributed by atoms with Crippen molar-refractivity contribution in [2.75, 3.05) is 39.4 Å². The summed E-state index contributed by atoms with van der Waals surface area (Å²) in [5.41, 5.74) is 1.06. The summed E-state index contributed by atoms with van der Waals surface area (Å²) in [6.07, 6.45) is 2.59. The van der Waals surface area contributed by atoms with Gasteiger partial charge >= 0.3 is 0 Å². The number of likely N-dealkylation sites (tertiary alicyclic amines) is 1. The van der Waals surface area contributed by atoms with Crippen molar-refractivity contribution in [2.24, 2.45) is 0 Å². The lowest BCUT2D eigenvalue weighted by Gasteiger charge is -2.40. The van der Waals surface area contributed by atoms with Crippen LogP contribution in [0.3, 0.4) is 0 Å². The van der Waals surface area contributed by atoms with Gasteiger partial charge in [-0.3, -0.25) is 9.80 Å². The Bertz CT molecular complexity index is 401. The molecule has 0 spiro atoms. The molecule has 3 rings (SSSR count). The number of morpholine rings is 1. The third-order valence-corrected chi connectivity index (χ3v) is 4.11. The number of ether oxygens (including phenoxy) is 1. The van der Waals surface area contributed by atoms with E-state index in [9.17, 15) is 0 Å². The van der Waals surface area contributed by atoms with Gasteiger partial charge < -0.3 is 9.26 Å². The molecule has 5 nitrogen and oxygen atoms in total. The number of hydrogen-bond donors (Lipinski definition) is 0. The Labute approximate surface area is 114 Å². The summed E-state index contributed by atoms with van der Waals surface area (Å²) in [6.45, 7) is 9.13. The van der Waals surface area contributed by atoms with Gasteiger partial charge in [-0.05, 0) is 26.3 Å². The second kappa shape index (κ2) is 6.03. The fourth-order valence-electron chi connectivity index (χ4n) is 3.14. The van der Waals surface area contributed by atoms with E-state index in [1.165, 1.54) is 19.4 Å². The molecule has 0 radical (unpaired) electrons. The van der Waals surface area contributed by atoms with Gasteiger partial charge in [0.25, 0.3) is 0 Å². The molecule has 0 aromatic carbocycles. The Hall–Kier alpha value is -0.910. The van der Waals surface area contributed by atoms with E-state index in [4.69, 9.17) is 9.26 Å². The Balaban J connectivity index is 1.55. The predicted octanol–water partition coefficient (Wildman–Crippen LogP) is 1.28. The maximum atomic E-state index is 5.44. The average Bonchev–Trinajstić information content (AvgIpc) is 2.85. The van der Waals surface area contributed by atoms with Crippen molar-refractivity contribution in [1.82, 2.24) is 15.0 Å². The van der Waals surface area contributed by atoms with Crippen LogP contribution < -0.4 is 0 Å². The van der Waals surface area contributed by atoms with Crippen LogP contribution in [0.4, 0.5) is 0 Å². The first-order valence-corrected chi connectivity index (χ1v) is 7.27. The summed E-state index contributed by atoms with van der Waals surface area (Å²) < 4.78 is 10.6. The van der Waals surface area contributed by atoms with Crippen LogP contribution in [0.15, 0.2) is 10.6 Å². The number of aromatic nitrogens is 1. The molecule has 106 valence electrons. The first kappa shape index (κ1) is 13.1. The van der Waals surface area contributed by atoms with Crippen molar-refractivity contribution in [3.05, 3.63) is 17.5 Å². The van der Waals surface area contributed by atoms with Crippen LogP contribution in [0.5, 0.6) is 0 Å². The maximum Gasteiger partial charge on any atom is 0.133 e. The fraction of sp³-hybridized carbons (Fsp3) is 0.786. The minimum absolute atomic E-state index is 0.686. The van der Waals surface area contributed by atoms with Gasteiger partial charge in [0.1, 0.15) is 5.76 Å². The maximum absolute atomic E-state index is 5.44. The van der Waals surface area contributed by atoms with Crippen LogP contribution in [0.2, 0.25) is 0 Å². The Morgan fingerprint density at radius 3 is 2.89 bits per heavy atom. The second-order valence-corrected chi connectivity index (χ2v) is 5.61. The highest BCUT2D eigenvalue weighted by atomic mass is 16.5.